The quantitative estimate of drug-likeness (QED) is 0.367. The van der Waals surface area contributed by atoms with Gasteiger partial charge in [-0.3, -0.25) is 0 Å². The van der Waals surface area contributed by atoms with Crippen molar-refractivity contribution in [1.82, 2.24) is 0 Å². The van der Waals surface area contributed by atoms with Crippen LogP contribution in [0.25, 0.3) is 0 Å². The third kappa shape index (κ3) is 101. The van der Waals surface area contributed by atoms with Crippen LogP contribution < -0.4 is 0 Å². The molecule has 0 unspecified atom stereocenters. The Morgan fingerprint density at radius 2 is 1.40 bits per heavy atom. The van der Waals surface area contributed by atoms with Gasteiger partial charge in [-0.25, -0.2) is 0 Å². The minimum absolute atomic E-state index is 0. The number of rotatable bonds is 0. The highest BCUT2D eigenvalue weighted by molar-refractivity contribution is 8.93. The monoisotopic (exact) mass is 141 g/mol. The van der Waals surface area contributed by atoms with Gasteiger partial charge in [0.05, 0.1) is 5.09 Å². The van der Waals surface area contributed by atoms with E-state index in [-0.39, 0.29) is 17.0 Å². The highest BCUT2D eigenvalue weighted by atomic mass is 79.9. The number of halogens is 1. The second-order valence-electron chi connectivity index (χ2n) is 0.224. The summed E-state index contributed by atoms with van der Waals surface area (Å²) in [7, 11) is 0. The molecule has 4 nitrogen and oxygen atoms in total. The van der Waals surface area contributed by atoms with Gasteiger partial charge in [0.25, 0.3) is 0 Å². The van der Waals surface area contributed by atoms with Crippen LogP contribution in [0.2, 0.25) is 0 Å². The molecular weight excluding hydrogens is 142 g/mol. The zero-order valence-corrected chi connectivity index (χ0v) is 3.64. The smallest absolute Gasteiger partial charge is 0.0689 e. The van der Waals surface area contributed by atoms with E-state index in [0.717, 1.165) is 0 Å². The summed E-state index contributed by atoms with van der Waals surface area (Å²) in [5.74, 6) is 0. The maximum absolute atomic E-state index is 8.25. The summed E-state index contributed by atoms with van der Waals surface area (Å²) < 4.78 is 0. The molecule has 31 valence electrons. The Balaban J connectivity index is 0. The maximum atomic E-state index is 8.25. The fourth-order valence-electron chi connectivity index (χ4n) is 0. The van der Waals surface area contributed by atoms with Crippen molar-refractivity contribution in [1.29, 1.82) is 0 Å². The van der Waals surface area contributed by atoms with Gasteiger partial charge in [-0.2, -0.15) is 0 Å². The minimum atomic E-state index is -1.75. The van der Waals surface area contributed by atoms with Gasteiger partial charge >= 0.3 is 0 Å². The zero-order valence-electron chi connectivity index (χ0n) is 2.05. The predicted octanol–water partition coefficient (Wildman–Crippen LogP) is 0.606. The highest BCUT2D eigenvalue weighted by Crippen LogP contribution is 1.44. The Labute approximate surface area is 38.3 Å². The molecular formula is BrNO3-. The van der Waals surface area contributed by atoms with Crippen molar-refractivity contribution in [2.45, 2.75) is 0 Å². The molecule has 0 aromatic rings. The van der Waals surface area contributed by atoms with Crippen molar-refractivity contribution in [3.63, 3.8) is 0 Å². The van der Waals surface area contributed by atoms with Crippen LogP contribution in [0.1, 0.15) is 0 Å². The molecule has 0 spiro atoms. The number of nitrogens with zero attached hydrogens (tertiary/aromatic N) is 1. The fourth-order valence-corrected chi connectivity index (χ4v) is 0. The summed E-state index contributed by atoms with van der Waals surface area (Å²) in [6.45, 7) is 0. The van der Waals surface area contributed by atoms with E-state index in [1.807, 2.05) is 0 Å². The van der Waals surface area contributed by atoms with Gasteiger partial charge in [-0.05, 0) is 0 Å². The molecule has 0 aromatic carbocycles. The van der Waals surface area contributed by atoms with Crippen LogP contribution in [0.5, 0.6) is 0 Å². The lowest BCUT2D eigenvalue weighted by Crippen LogP contribution is -1.74. The van der Waals surface area contributed by atoms with Gasteiger partial charge < -0.3 is 15.3 Å². The Morgan fingerprint density at radius 1 is 1.40 bits per heavy atom. The molecule has 0 fully saturated rings. The Bertz CT molecular complexity index is 29.9. The Kier molecular flexibility index (Phi) is 6.49. The Hall–Kier alpha value is -0.320. The molecule has 0 saturated heterocycles. The van der Waals surface area contributed by atoms with Gasteiger partial charge in [0, 0.05) is 17.0 Å². The van der Waals surface area contributed by atoms with Gasteiger partial charge in [-0.1, -0.05) is 0 Å². The first-order chi connectivity index (χ1) is 1.73. The van der Waals surface area contributed by atoms with Crippen LogP contribution in [0.15, 0.2) is 0 Å². The molecule has 0 atom stereocenters. The molecule has 1 radical (unpaired) electrons. The van der Waals surface area contributed by atoms with Crippen molar-refractivity contribution in [3.05, 3.63) is 15.3 Å². The summed E-state index contributed by atoms with van der Waals surface area (Å²) in [5, 5.41) is 14.8. The van der Waals surface area contributed by atoms with E-state index in [9.17, 15) is 0 Å². The number of hydrogen-bond acceptors (Lipinski definition) is 3. The fraction of sp³-hybridized carbons (Fsp3) is 0. The lowest BCUT2D eigenvalue weighted by atomic mass is 13.1. The van der Waals surface area contributed by atoms with Crippen LogP contribution in [0.4, 0.5) is 0 Å². The maximum Gasteiger partial charge on any atom is 0.0689 e. The largest absolute Gasteiger partial charge is 0.356 e. The van der Waals surface area contributed by atoms with Gasteiger partial charge in [-0.15, -0.1) is 0 Å². The Morgan fingerprint density at radius 3 is 1.40 bits per heavy atom. The zero-order chi connectivity index (χ0) is 3.58. The van der Waals surface area contributed by atoms with Crippen molar-refractivity contribution in [3.8, 4) is 0 Å². The first kappa shape index (κ1) is 8.82. The van der Waals surface area contributed by atoms with Crippen LogP contribution in [-0.4, -0.2) is 5.09 Å². The topological polar surface area (TPSA) is 66.2 Å². The lowest BCUT2D eigenvalue weighted by Gasteiger charge is -1.74. The van der Waals surface area contributed by atoms with Crippen LogP contribution >= 0.6 is 17.0 Å². The average Bonchev–Trinajstić information content (AvgIpc) is 0.811. The van der Waals surface area contributed by atoms with E-state index in [2.05, 4.69) is 0 Å². The van der Waals surface area contributed by atoms with Crippen molar-refractivity contribution >= 4 is 17.0 Å². The molecule has 0 rings (SSSR count). The molecule has 0 amide bonds. The van der Waals surface area contributed by atoms with Crippen molar-refractivity contribution in [2.75, 3.05) is 0 Å². The van der Waals surface area contributed by atoms with Gasteiger partial charge in [0.1, 0.15) is 0 Å². The van der Waals surface area contributed by atoms with Crippen LogP contribution in [-0.2, 0) is 0 Å². The first-order valence-corrected chi connectivity index (χ1v) is 0.548. The highest BCUT2D eigenvalue weighted by Gasteiger charge is 1.45. The van der Waals surface area contributed by atoms with E-state index in [0.29, 0.717) is 0 Å². The normalized spacial score (nSPS) is 4.80. The molecule has 0 aliphatic heterocycles. The average molecular weight is 142 g/mol. The lowest BCUT2D eigenvalue weighted by molar-refractivity contribution is -0.402. The van der Waals surface area contributed by atoms with Crippen LogP contribution in [0, 0.1) is 15.3 Å². The third-order valence-corrected chi connectivity index (χ3v) is 0. The van der Waals surface area contributed by atoms with Crippen LogP contribution in [0.3, 0.4) is 0 Å². The third-order valence-electron chi connectivity index (χ3n) is 0. The predicted molar refractivity (Wildman–Crippen MR) is 19.3 cm³/mol. The molecule has 0 heterocycles. The summed E-state index contributed by atoms with van der Waals surface area (Å²) in [6, 6.07) is 0. The first-order valence-electron chi connectivity index (χ1n) is 0.548. The van der Waals surface area contributed by atoms with E-state index < -0.39 is 5.09 Å². The summed E-state index contributed by atoms with van der Waals surface area (Å²) in [5.41, 5.74) is 0. The van der Waals surface area contributed by atoms with E-state index in [4.69, 9.17) is 15.3 Å². The molecule has 0 bridgehead atoms. The molecule has 5 heteroatoms. The molecule has 0 saturated carbocycles. The van der Waals surface area contributed by atoms with Crippen molar-refractivity contribution in [2.24, 2.45) is 0 Å². The van der Waals surface area contributed by atoms with E-state index >= 15 is 0 Å². The van der Waals surface area contributed by atoms with E-state index in [1.54, 1.807) is 0 Å². The summed E-state index contributed by atoms with van der Waals surface area (Å²) >= 11 is 0. The molecule has 0 aliphatic carbocycles. The standard InChI is InChI=1S/Br.NO3/c;2-1(3)4/q;-1. The summed E-state index contributed by atoms with van der Waals surface area (Å²) in [4.78, 5) is 8.25. The SMILES string of the molecule is O=[N+]([O-])[O-].[Br]. The molecule has 0 aliphatic rings. The minimum Gasteiger partial charge on any atom is -0.356 e. The molecule has 0 aromatic heterocycles. The molecule has 0 N–H and O–H groups in total. The van der Waals surface area contributed by atoms with Gasteiger partial charge in [0.2, 0.25) is 0 Å². The number of hydrogen-bond donors (Lipinski definition) is 0. The van der Waals surface area contributed by atoms with E-state index in [1.165, 1.54) is 0 Å². The summed E-state index contributed by atoms with van der Waals surface area (Å²) in [6.07, 6.45) is 0. The second-order valence-corrected chi connectivity index (χ2v) is 0.224. The van der Waals surface area contributed by atoms with Crippen molar-refractivity contribution < 1.29 is 5.09 Å². The van der Waals surface area contributed by atoms with Gasteiger partial charge in [0.15, 0.2) is 0 Å². The molecule has 5 heavy (non-hydrogen) atoms. The second kappa shape index (κ2) is 3.68.